The van der Waals surface area contributed by atoms with Crippen LogP contribution < -0.4 is 5.73 Å². The summed E-state index contributed by atoms with van der Waals surface area (Å²) < 4.78 is 17.5. The molecule has 1 unspecified atom stereocenters. The standard InChI is InChI=1S/C10H12FNO2.ClH/c1-14-10(13)9(12)6-7-4-2-3-5-8(7)11;/h2-5,9H,6,12H2,1H3;1H. The number of esters is 1. The highest BCUT2D eigenvalue weighted by molar-refractivity contribution is 5.85. The molecule has 0 aliphatic rings. The zero-order valence-electron chi connectivity index (χ0n) is 8.27. The van der Waals surface area contributed by atoms with Gasteiger partial charge in [0.2, 0.25) is 0 Å². The molecule has 15 heavy (non-hydrogen) atoms. The first-order chi connectivity index (χ1) is 6.65. The van der Waals surface area contributed by atoms with E-state index in [2.05, 4.69) is 4.74 Å². The van der Waals surface area contributed by atoms with Crippen molar-refractivity contribution < 1.29 is 13.9 Å². The number of ether oxygens (including phenoxy) is 1. The first kappa shape index (κ1) is 13.9. The molecule has 3 nitrogen and oxygen atoms in total. The van der Waals surface area contributed by atoms with Gasteiger partial charge in [-0.05, 0) is 11.6 Å². The molecule has 0 aliphatic carbocycles. The highest BCUT2D eigenvalue weighted by Crippen LogP contribution is 2.08. The van der Waals surface area contributed by atoms with Crippen LogP contribution in [0.25, 0.3) is 0 Å². The number of halogens is 2. The highest BCUT2D eigenvalue weighted by atomic mass is 35.5. The molecule has 5 heteroatoms. The molecule has 1 atom stereocenters. The van der Waals surface area contributed by atoms with Gasteiger partial charge in [-0.15, -0.1) is 12.4 Å². The van der Waals surface area contributed by atoms with Crippen molar-refractivity contribution in [2.45, 2.75) is 12.5 Å². The Hall–Kier alpha value is -1.13. The normalized spacial score (nSPS) is 11.4. The molecule has 0 aliphatic heterocycles. The Balaban J connectivity index is 0.00000196. The van der Waals surface area contributed by atoms with Crippen molar-refractivity contribution in [1.29, 1.82) is 0 Å². The molecular weight excluding hydrogens is 221 g/mol. The minimum Gasteiger partial charge on any atom is -0.468 e. The van der Waals surface area contributed by atoms with Gasteiger partial charge in [-0.25, -0.2) is 4.39 Å². The van der Waals surface area contributed by atoms with Gasteiger partial charge in [0.05, 0.1) is 7.11 Å². The van der Waals surface area contributed by atoms with Crippen LogP contribution in [-0.2, 0) is 16.0 Å². The number of benzene rings is 1. The zero-order valence-corrected chi connectivity index (χ0v) is 9.09. The summed E-state index contributed by atoms with van der Waals surface area (Å²) in [5.74, 6) is -0.889. The molecule has 0 spiro atoms. The van der Waals surface area contributed by atoms with Crippen molar-refractivity contribution in [1.82, 2.24) is 0 Å². The summed E-state index contributed by atoms with van der Waals surface area (Å²) in [5, 5.41) is 0. The number of hydrogen-bond acceptors (Lipinski definition) is 3. The molecule has 2 N–H and O–H groups in total. The van der Waals surface area contributed by atoms with Crippen LogP contribution in [-0.4, -0.2) is 19.1 Å². The zero-order chi connectivity index (χ0) is 10.6. The van der Waals surface area contributed by atoms with E-state index < -0.39 is 12.0 Å². The van der Waals surface area contributed by atoms with Gasteiger partial charge in [-0.2, -0.15) is 0 Å². The largest absolute Gasteiger partial charge is 0.468 e. The summed E-state index contributed by atoms with van der Waals surface area (Å²) >= 11 is 0. The first-order valence-corrected chi connectivity index (χ1v) is 4.22. The maximum Gasteiger partial charge on any atom is 0.322 e. The molecule has 0 fully saturated rings. The maximum atomic E-state index is 13.1. The fourth-order valence-electron chi connectivity index (χ4n) is 1.14. The van der Waals surface area contributed by atoms with E-state index in [1.807, 2.05) is 0 Å². The Bertz CT molecular complexity index is 333. The third kappa shape index (κ3) is 3.85. The lowest BCUT2D eigenvalue weighted by molar-refractivity contribution is -0.142. The summed E-state index contributed by atoms with van der Waals surface area (Å²) in [6.45, 7) is 0. The Kier molecular flexibility index (Phi) is 5.89. The van der Waals surface area contributed by atoms with E-state index in [0.29, 0.717) is 5.56 Å². The van der Waals surface area contributed by atoms with E-state index in [1.54, 1.807) is 18.2 Å². The monoisotopic (exact) mass is 233 g/mol. The van der Waals surface area contributed by atoms with Crippen molar-refractivity contribution in [3.63, 3.8) is 0 Å². The first-order valence-electron chi connectivity index (χ1n) is 4.22. The SMILES string of the molecule is COC(=O)C(N)Cc1ccccc1F.Cl. The molecule has 1 aromatic carbocycles. The second kappa shape index (κ2) is 6.37. The third-order valence-electron chi connectivity index (χ3n) is 1.90. The number of carbonyl (C=O) groups excluding carboxylic acids is 1. The van der Waals surface area contributed by atoms with Crippen molar-refractivity contribution in [2.24, 2.45) is 5.73 Å². The van der Waals surface area contributed by atoms with Crippen LogP contribution in [0.5, 0.6) is 0 Å². The van der Waals surface area contributed by atoms with Gasteiger partial charge in [0.15, 0.2) is 0 Å². The van der Waals surface area contributed by atoms with Crippen LogP contribution in [0.4, 0.5) is 4.39 Å². The molecule has 0 saturated heterocycles. The van der Waals surface area contributed by atoms with Crippen molar-refractivity contribution in [3.8, 4) is 0 Å². The number of carbonyl (C=O) groups is 1. The third-order valence-corrected chi connectivity index (χ3v) is 1.90. The maximum absolute atomic E-state index is 13.1. The van der Waals surface area contributed by atoms with Crippen LogP contribution in [0, 0.1) is 5.82 Å². The van der Waals surface area contributed by atoms with Crippen LogP contribution in [0.3, 0.4) is 0 Å². The quantitative estimate of drug-likeness (QED) is 0.801. The molecule has 0 radical (unpaired) electrons. The van der Waals surface area contributed by atoms with Gasteiger partial charge >= 0.3 is 5.97 Å². The lowest BCUT2D eigenvalue weighted by atomic mass is 10.1. The summed E-state index contributed by atoms with van der Waals surface area (Å²) in [4.78, 5) is 11.0. The predicted octanol–water partition coefficient (Wildman–Crippen LogP) is 1.29. The lowest BCUT2D eigenvalue weighted by Gasteiger charge is -2.09. The lowest BCUT2D eigenvalue weighted by Crippen LogP contribution is -2.33. The second-order valence-electron chi connectivity index (χ2n) is 2.93. The number of nitrogens with two attached hydrogens (primary N) is 1. The van der Waals surface area contributed by atoms with Crippen LogP contribution >= 0.6 is 12.4 Å². The van der Waals surface area contributed by atoms with Crippen LogP contribution in [0.15, 0.2) is 24.3 Å². The molecule has 0 amide bonds. The summed E-state index contributed by atoms with van der Waals surface area (Å²) in [5.41, 5.74) is 5.91. The van der Waals surface area contributed by atoms with Gasteiger partial charge < -0.3 is 10.5 Å². The fourth-order valence-corrected chi connectivity index (χ4v) is 1.14. The average Bonchev–Trinajstić information content (AvgIpc) is 2.20. The topological polar surface area (TPSA) is 52.3 Å². The van der Waals surface area contributed by atoms with Crippen LogP contribution in [0.1, 0.15) is 5.56 Å². The van der Waals surface area contributed by atoms with Gasteiger partial charge in [0, 0.05) is 6.42 Å². The number of methoxy groups -OCH3 is 1. The van der Waals surface area contributed by atoms with E-state index >= 15 is 0 Å². The van der Waals surface area contributed by atoms with Crippen molar-refractivity contribution in [3.05, 3.63) is 35.6 Å². The average molecular weight is 234 g/mol. The number of hydrogen-bond donors (Lipinski definition) is 1. The summed E-state index contributed by atoms with van der Waals surface area (Å²) in [6.07, 6.45) is 0.152. The Morgan fingerprint density at radius 3 is 2.67 bits per heavy atom. The Morgan fingerprint density at radius 2 is 2.13 bits per heavy atom. The summed E-state index contributed by atoms with van der Waals surface area (Å²) in [6, 6.07) is 5.40. The number of rotatable bonds is 3. The molecule has 0 bridgehead atoms. The summed E-state index contributed by atoms with van der Waals surface area (Å²) in [7, 11) is 1.25. The molecular formula is C10H13ClFNO2. The van der Waals surface area contributed by atoms with Gasteiger partial charge in [0.1, 0.15) is 11.9 Å². The van der Waals surface area contributed by atoms with E-state index in [9.17, 15) is 9.18 Å². The molecule has 0 saturated carbocycles. The Labute approximate surface area is 93.8 Å². The van der Waals surface area contributed by atoms with Crippen LogP contribution in [0.2, 0.25) is 0 Å². The van der Waals surface area contributed by atoms with E-state index in [0.717, 1.165) is 0 Å². The Morgan fingerprint density at radius 1 is 1.53 bits per heavy atom. The van der Waals surface area contributed by atoms with Gasteiger partial charge in [-0.3, -0.25) is 4.79 Å². The highest BCUT2D eigenvalue weighted by Gasteiger charge is 2.15. The molecule has 1 aromatic rings. The smallest absolute Gasteiger partial charge is 0.322 e. The molecule has 84 valence electrons. The van der Waals surface area contributed by atoms with E-state index in [4.69, 9.17) is 5.73 Å². The predicted molar refractivity (Wildman–Crippen MR) is 57.3 cm³/mol. The van der Waals surface area contributed by atoms with Gasteiger partial charge in [0.25, 0.3) is 0 Å². The molecule has 0 aromatic heterocycles. The molecule has 0 heterocycles. The van der Waals surface area contributed by atoms with E-state index in [-0.39, 0.29) is 24.6 Å². The fraction of sp³-hybridized carbons (Fsp3) is 0.300. The second-order valence-corrected chi connectivity index (χ2v) is 2.93. The van der Waals surface area contributed by atoms with Gasteiger partial charge in [-0.1, -0.05) is 18.2 Å². The van der Waals surface area contributed by atoms with Crippen molar-refractivity contribution >= 4 is 18.4 Å². The van der Waals surface area contributed by atoms with Crippen molar-refractivity contribution in [2.75, 3.05) is 7.11 Å². The minimum atomic E-state index is -0.808. The molecule has 1 rings (SSSR count). The minimum absolute atomic E-state index is 0. The van der Waals surface area contributed by atoms with E-state index in [1.165, 1.54) is 13.2 Å².